The van der Waals surface area contributed by atoms with Gasteiger partial charge in [-0.1, -0.05) is 27.5 Å². The molecule has 3 N–H and O–H groups in total. The number of carbonyl (C=O) groups is 1. The molecule has 0 aliphatic heterocycles. The van der Waals surface area contributed by atoms with Crippen LogP contribution in [0.25, 0.3) is 0 Å². The van der Waals surface area contributed by atoms with Crippen molar-refractivity contribution in [2.45, 2.75) is 6.04 Å². The van der Waals surface area contributed by atoms with Gasteiger partial charge in [0, 0.05) is 9.50 Å². The summed E-state index contributed by atoms with van der Waals surface area (Å²) in [4.78, 5) is 10.6. The van der Waals surface area contributed by atoms with Gasteiger partial charge in [0.05, 0.1) is 0 Å². The van der Waals surface area contributed by atoms with Crippen LogP contribution in [0.15, 0.2) is 22.7 Å². The van der Waals surface area contributed by atoms with E-state index in [1.165, 1.54) is 0 Å². The van der Waals surface area contributed by atoms with E-state index in [0.29, 0.717) is 10.6 Å². The predicted molar refractivity (Wildman–Crippen MR) is 61.0 cm³/mol. The van der Waals surface area contributed by atoms with E-state index in [4.69, 9.17) is 22.4 Å². The first-order valence-corrected chi connectivity index (χ1v) is 4.63. The van der Waals surface area contributed by atoms with Crippen molar-refractivity contribution in [1.82, 2.24) is 0 Å². The number of nitrogens with two attached hydrogens (primary N) is 1. The second-order valence-electron chi connectivity index (χ2n) is 2.48. The molecule has 3 nitrogen and oxygen atoms in total. The van der Waals surface area contributed by atoms with Crippen molar-refractivity contribution in [2.24, 2.45) is 5.73 Å². The molecule has 0 unspecified atom stereocenters. The highest BCUT2D eigenvalue weighted by Crippen LogP contribution is 2.25. The molecule has 0 aromatic heterocycles. The molecular formula is C8H8BrCl2NO2. The Labute approximate surface area is 101 Å². The Morgan fingerprint density at radius 1 is 1.57 bits per heavy atom. The maximum absolute atomic E-state index is 10.6. The van der Waals surface area contributed by atoms with Gasteiger partial charge in [0.1, 0.15) is 6.04 Å². The van der Waals surface area contributed by atoms with Crippen molar-refractivity contribution in [3.63, 3.8) is 0 Å². The van der Waals surface area contributed by atoms with Gasteiger partial charge in [-0.3, -0.25) is 4.79 Å². The number of carboxylic acids is 1. The van der Waals surface area contributed by atoms with Gasteiger partial charge in [-0.2, -0.15) is 0 Å². The van der Waals surface area contributed by atoms with E-state index in [2.05, 4.69) is 15.9 Å². The minimum Gasteiger partial charge on any atom is -0.480 e. The number of benzene rings is 1. The quantitative estimate of drug-likeness (QED) is 0.882. The molecule has 0 fully saturated rings. The number of hydrogen-bond donors (Lipinski definition) is 2. The summed E-state index contributed by atoms with van der Waals surface area (Å²) in [6, 6.07) is 3.84. The van der Waals surface area contributed by atoms with Crippen LogP contribution in [0.2, 0.25) is 5.02 Å². The van der Waals surface area contributed by atoms with Gasteiger partial charge in [0.15, 0.2) is 0 Å². The maximum Gasteiger partial charge on any atom is 0.325 e. The van der Waals surface area contributed by atoms with Crippen molar-refractivity contribution in [3.05, 3.63) is 33.3 Å². The standard InChI is InChI=1S/C8H7BrClNO2.ClH/c9-4-1-2-6(10)5(3-4)7(11)8(12)13;/h1-3,7H,11H2,(H,12,13);1H/t7-;/m1./s1. The highest BCUT2D eigenvalue weighted by atomic mass is 79.9. The summed E-state index contributed by atoms with van der Waals surface area (Å²) in [5, 5.41) is 9.01. The van der Waals surface area contributed by atoms with Gasteiger partial charge in [0.25, 0.3) is 0 Å². The van der Waals surface area contributed by atoms with Crippen molar-refractivity contribution in [1.29, 1.82) is 0 Å². The zero-order chi connectivity index (χ0) is 10.0. The molecule has 0 aliphatic rings. The molecule has 0 radical (unpaired) electrons. The summed E-state index contributed by atoms with van der Waals surface area (Å²) in [6.45, 7) is 0. The molecule has 0 spiro atoms. The monoisotopic (exact) mass is 299 g/mol. The number of halogens is 3. The second-order valence-corrected chi connectivity index (χ2v) is 3.80. The van der Waals surface area contributed by atoms with Gasteiger partial charge in [-0.25, -0.2) is 0 Å². The van der Waals surface area contributed by atoms with Crippen LogP contribution in [0, 0.1) is 0 Å². The van der Waals surface area contributed by atoms with Crippen LogP contribution in [0.5, 0.6) is 0 Å². The lowest BCUT2D eigenvalue weighted by Gasteiger charge is -2.08. The smallest absolute Gasteiger partial charge is 0.325 e. The lowest BCUT2D eigenvalue weighted by molar-refractivity contribution is -0.138. The molecule has 1 rings (SSSR count). The summed E-state index contributed by atoms with van der Waals surface area (Å²) in [7, 11) is 0. The predicted octanol–water partition coefficient (Wildman–Crippen LogP) is 2.61. The fourth-order valence-corrected chi connectivity index (χ4v) is 1.50. The van der Waals surface area contributed by atoms with Crippen LogP contribution in [0.4, 0.5) is 0 Å². The first kappa shape index (κ1) is 13.7. The van der Waals surface area contributed by atoms with Gasteiger partial charge in [-0.15, -0.1) is 12.4 Å². The molecule has 0 heterocycles. The fourth-order valence-electron chi connectivity index (χ4n) is 0.886. The van der Waals surface area contributed by atoms with E-state index in [-0.39, 0.29) is 12.4 Å². The number of rotatable bonds is 2. The molecular weight excluding hydrogens is 293 g/mol. The van der Waals surface area contributed by atoms with Crippen LogP contribution >= 0.6 is 39.9 Å². The molecule has 78 valence electrons. The average molecular weight is 301 g/mol. The van der Waals surface area contributed by atoms with Gasteiger partial charge >= 0.3 is 5.97 Å². The van der Waals surface area contributed by atoms with E-state index in [9.17, 15) is 4.79 Å². The minimum absolute atomic E-state index is 0. The Morgan fingerprint density at radius 3 is 2.64 bits per heavy atom. The lowest BCUT2D eigenvalue weighted by Crippen LogP contribution is -2.20. The molecule has 0 amide bonds. The fraction of sp³-hybridized carbons (Fsp3) is 0.125. The van der Waals surface area contributed by atoms with Crippen LogP contribution in [-0.4, -0.2) is 11.1 Å². The first-order chi connectivity index (χ1) is 6.02. The van der Waals surface area contributed by atoms with E-state index in [1.807, 2.05) is 0 Å². The summed E-state index contributed by atoms with van der Waals surface area (Å²) >= 11 is 8.98. The zero-order valence-corrected chi connectivity index (χ0v) is 10.1. The number of aliphatic carboxylic acids is 1. The highest BCUT2D eigenvalue weighted by Gasteiger charge is 2.17. The van der Waals surface area contributed by atoms with Crippen LogP contribution in [0.1, 0.15) is 11.6 Å². The maximum atomic E-state index is 10.6. The highest BCUT2D eigenvalue weighted by molar-refractivity contribution is 9.10. The van der Waals surface area contributed by atoms with Crippen LogP contribution < -0.4 is 5.73 Å². The summed E-state index contributed by atoms with van der Waals surface area (Å²) < 4.78 is 0.753. The van der Waals surface area contributed by atoms with Crippen molar-refractivity contribution in [2.75, 3.05) is 0 Å². The third kappa shape index (κ3) is 3.13. The SMILES string of the molecule is Cl.N[C@@H](C(=O)O)c1cc(Br)ccc1Cl. The van der Waals surface area contributed by atoms with Crippen molar-refractivity contribution >= 4 is 45.9 Å². The second kappa shape index (κ2) is 5.56. The van der Waals surface area contributed by atoms with Crippen molar-refractivity contribution < 1.29 is 9.90 Å². The Morgan fingerprint density at radius 2 is 2.14 bits per heavy atom. The number of hydrogen-bond acceptors (Lipinski definition) is 2. The third-order valence-electron chi connectivity index (χ3n) is 1.56. The summed E-state index contributed by atoms with van der Waals surface area (Å²) in [5.41, 5.74) is 5.81. The van der Waals surface area contributed by atoms with E-state index in [1.54, 1.807) is 18.2 Å². The normalized spacial score (nSPS) is 11.6. The van der Waals surface area contributed by atoms with E-state index >= 15 is 0 Å². The van der Waals surface area contributed by atoms with Crippen LogP contribution in [0.3, 0.4) is 0 Å². The van der Waals surface area contributed by atoms with E-state index in [0.717, 1.165) is 4.47 Å². The molecule has 1 atom stereocenters. The lowest BCUT2D eigenvalue weighted by atomic mass is 10.1. The van der Waals surface area contributed by atoms with E-state index < -0.39 is 12.0 Å². The molecule has 6 heteroatoms. The summed E-state index contributed by atoms with van der Waals surface area (Å²) in [5.74, 6) is -1.10. The molecule has 0 saturated heterocycles. The molecule has 0 bridgehead atoms. The molecule has 14 heavy (non-hydrogen) atoms. The topological polar surface area (TPSA) is 63.3 Å². The average Bonchev–Trinajstić information content (AvgIpc) is 2.08. The van der Waals surface area contributed by atoms with Gasteiger partial charge < -0.3 is 10.8 Å². The largest absolute Gasteiger partial charge is 0.480 e. The zero-order valence-electron chi connectivity index (χ0n) is 6.91. The number of carboxylic acid groups (broad SMARTS) is 1. The third-order valence-corrected chi connectivity index (χ3v) is 2.40. The molecule has 1 aromatic carbocycles. The molecule has 0 saturated carbocycles. The Kier molecular flexibility index (Phi) is 5.44. The first-order valence-electron chi connectivity index (χ1n) is 3.45. The summed E-state index contributed by atoms with van der Waals surface area (Å²) in [6.07, 6.45) is 0. The Balaban J connectivity index is 0.00000169. The molecule has 1 aromatic rings. The Hall–Kier alpha value is -0.290. The minimum atomic E-state index is -1.10. The molecule has 0 aliphatic carbocycles. The van der Waals surface area contributed by atoms with Crippen LogP contribution in [-0.2, 0) is 4.79 Å². The Bertz CT molecular complexity index is 346. The van der Waals surface area contributed by atoms with Gasteiger partial charge in [0.2, 0.25) is 0 Å². The van der Waals surface area contributed by atoms with Crippen molar-refractivity contribution in [3.8, 4) is 0 Å². The van der Waals surface area contributed by atoms with Gasteiger partial charge in [-0.05, 0) is 23.8 Å².